The number of nitrogens with two attached hydrogens (primary N) is 1. The van der Waals surface area contributed by atoms with E-state index in [1.807, 2.05) is 10.9 Å². The van der Waals surface area contributed by atoms with Crippen molar-refractivity contribution in [2.45, 2.75) is 26.9 Å². The third kappa shape index (κ3) is 1.99. The molecule has 0 fully saturated rings. The lowest BCUT2D eigenvalue weighted by Crippen LogP contribution is -2.06. The number of benzene rings is 1. The minimum absolute atomic E-state index is 0.555. The summed E-state index contributed by atoms with van der Waals surface area (Å²) in [5.74, 6) is 0. The van der Waals surface area contributed by atoms with E-state index in [0.29, 0.717) is 6.54 Å². The molecule has 0 amide bonds. The van der Waals surface area contributed by atoms with Crippen LogP contribution in [-0.4, -0.2) is 9.78 Å². The van der Waals surface area contributed by atoms with E-state index >= 15 is 0 Å². The highest BCUT2D eigenvalue weighted by atomic mass is 15.3. The van der Waals surface area contributed by atoms with E-state index < -0.39 is 0 Å². The summed E-state index contributed by atoms with van der Waals surface area (Å²) < 4.78 is 2.00. The van der Waals surface area contributed by atoms with Crippen molar-refractivity contribution >= 4 is 0 Å². The van der Waals surface area contributed by atoms with Gasteiger partial charge in [0.1, 0.15) is 0 Å². The van der Waals surface area contributed by atoms with E-state index in [2.05, 4.69) is 43.2 Å². The molecule has 0 spiro atoms. The SMILES string of the molecule is Cc1ccccc1Cn1ncc(CN)c1C. The Morgan fingerprint density at radius 1 is 1.19 bits per heavy atom. The zero-order chi connectivity index (χ0) is 11.5. The van der Waals surface area contributed by atoms with Gasteiger partial charge in [-0.05, 0) is 25.0 Å². The molecule has 84 valence electrons. The summed E-state index contributed by atoms with van der Waals surface area (Å²) in [7, 11) is 0. The molecule has 0 aliphatic rings. The number of hydrogen-bond acceptors (Lipinski definition) is 2. The average molecular weight is 215 g/mol. The van der Waals surface area contributed by atoms with Gasteiger partial charge in [-0.1, -0.05) is 24.3 Å². The lowest BCUT2D eigenvalue weighted by Gasteiger charge is -2.08. The molecule has 2 rings (SSSR count). The van der Waals surface area contributed by atoms with Crippen LogP contribution in [0, 0.1) is 13.8 Å². The summed E-state index contributed by atoms with van der Waals surface area (Å²) in [4.78, 5) is 0. The molecule has 1 aromatic carbocycles. The van der Waals surface area contributed by atoms with Gasteiger partial charge in [0, 0.05) is 17.8 Å². The van der Waals surface area contributed by atoms with Gasteiger partial charge in [0.15, 0.2) is 0 Å². The van der Waals surface area contributed by atoms with Crippen molar-refractivity contribution in [3.63, 3.8) is 0 Å². The van der Waals surface area contributed by atoms with Gasteiger partial charge in [-0.25, -0.2) is 0 Å². The van der Waals surface area contributed by atoms with Gasteiger partial charge in [0.05, 0.1) is 12.7 Å². The summed E-state index contributed by atoms with van der Waals surface area (Å²) in [5, 5.41) is 4.36. The third-order valence-corrected chi connectivity index (χ3v) is 3.01. The van der Waals surface area contributed by atoms with Crippen LogP contribution in [0.1, 0.15) is 22.4 Å². The monoisotopic (exact) mass is 215 g/mol. The molecular weight excluding hydrogens is 198 g/mol. The van der Waals surface area contributed by atoms with Crippen molar-refractivity contribution in [1.82, 2.24) is 9.78 Å². The molecule has 0 aliphatic carbocycles. The summed E-state index contributed by atoms with van der Waals surface area (Å²) in [6.45, 7) is 5.56. The maximum atomic E-state index is 5.63. The second kappa shape index (κ2) is 4.49. The van der Waals surface area contributed by atoms with Gasteiger partial charge >= 0.3 is 0 Å². The van der Waals surface area contributed by atoms with E-state index in [9.17, 15) is 0 Å². The van der Waals surface area contributed by atoms with Crippen LogP contribution in [0.4, 0.5) is 0 Å². The maximum Gasteiger partial charge on any atom is 0.0665 e. The molecule has 0 radical (unpaired) electrons. The molecular formula is C13H17N3. The largest absolute Gasteiger partial charge is 0.326 e. The molecule has 1 heterocycles. The van der Waals surface area contributed by atoms with Gasteiger partial charge in [0.2, 0.25) is 0 Å². The smallest absolute Gasteiger partial charge is 0.0665 e. The Balaban J connectivity index is 2.27. The molecule has 0 saturated heterocycles. The van der Waals surface area contributed by atoms with Gasteiger partial charge in [-0.3, -0.25) is 4.68 Å². The molecule has 0 unspecified atom stereocenters. The summed E-state index contributed by atoms with van der Waals surface area (Å²) in [6.07, 6.45) is 1.85. The maximum absolute atomic E-state index is 5.63. The first-order valence-corrected chi connectivity index (χ1v) is 5.48. The number of hydrogen-bond donors (Lipinski definition) is 1. The van der Waals surface area contributed by atoms with Crippen LogP contribution in [0.2, 0.25) is 0 Å². The van der Waals surface area contributed by atoms with Gasteiger partial charge < -0.3 is 5.73 Å². The highest BCUT2D eigenvalue weighted by Gasteiger charge is 2.06. The second-order valence-corrected chi connectivity index (χ2v) is 4.04. The van der Waals surface area contributed by atoms with Crippen LogP contribution in [0.5, 0.6) is 0 Å². The minimum Gasteiger partial charge on any atom is -0.326 e. The number of aryl methyl sites for hydroxylation is 1. The minimum atomic E-state index is 0.555. The Kier molecular flexibility index (Phi) is 3.06. The Morgan fingerprint density at radius 3 is 2.56 bits per heavy atom. The van der Waals surface area contributed by atoms with Crippen molar-refractivity contribution in [2.75, 3.05) is 0 Å². The Labute approximate surface area is 95.9 Å². The van der Waals surface area contributed by atoms with Crippen molar-refractivity contribution in [3.05, 3.63) is 52.8 Å². The third-order valence-electron chi connectivity index (χ3n) is 3.01. The van der Waals surface area contributed by atoms with E-state index in [-0.39, 0.29) is 0 Å². The van der Waals surface area contributed by atoms with Gasteiger partial charge in [-0.2, -0.15) is 5.10 Å². The number of rotatable bonds is 3. The molecule has 1 aromatic heterocycles. The highest BCUT2D eigenvalue weighted by Crippen LogP contribution is 2.12. The molecule has 0 bridgehead atoms. The van der Waals surface area contributed by atoms with Crippen LogP contribution >= 0.6 is 0 Å². The summed E-state index contributed by atoms with van der Waals surface area (Å²) >= 11 is 0. The molecule has 0 saturated carbocycles. The first-order valence-electron chi connectivity index (χ1n) is 5.48. The van der Waals surface area contributed by atoms with Gasteiger partial charge in [-0.15, -0.1) is 0 Å². The summed E-state index contributed by atoms with van der Waals surface area (Å²) in [6, 6.07) is 8.38. The molecule has 3 nitrogen and oxygen atoms in total. The second-order valence-electron chi connectivity index (χ2n) is 4.04. The van der Waals surface area contributed by atoms with E-state index in [4.69, 9.17) is 5.73 Å². The lowest BCUT2D eigenvalue weighted by molar-refractivity contribution is 0.661. The number of aromatic nitrogens is 2. The topological polar surface area (TPSA) is 43.8 Å². The fourth-order valence-electron chi connectivity index (χ4n) is 1.79. The Bertz CT molecular complexity index is 486. The van der Waals surface area contributed by atoms with Crippen LogP contribution in [0.25, 0.3) is 0 Å². The Morgan fingerprint density at radius 2 is 1.94 bits per heavy atom. The predicted octanol–water partition coefficient (Wildman–Crippen LogP) is 2.01. The van der Waals surface area contributed by atoms with Crippen molar-refractivity contribution in [2.24, 2.45) is 5.73 Å². The average Bonchev–Trinajstić information content (AvgIpc) is 2.63. The van der Waals surface area contributed by atoms with Crippen molar-refractivity contribution in [3.8, 4) is 0 Å². The summed E-state index contributed by atoms with van der Waals surface area (Å²) in [5.41, 5.74) is 10.5. The van der Waals surface area contributed by atoms with Gasteiger partial charge in [0.25, 0.3) is 0 Å². The molecule has 3 heteroatoms. The number of nitrogens with zero attached hydrogens (tertiary/aromatic N) is 2. The molecule has 0 atom stereocenters. The normalized spacial score (nSPS) is 10.7. The predicted molar refractivity (Wildman–Crippen MR) is 65.1 cm³/mol. The van der Waals surface area contributed by atoms with Crippen LogP contribution in [-0.2, 0) is 13.1 Å². The van der Waals surface area contributed by atoms with E-state index in [1.165, 1.54) is 11.1 Å². The standard InChI is InChI=1S/C13H17N3/c1-10-5-3-4-6-12(10)9-16-11(2)13(7-14)8-15-16/h3-6,8H,7,9,14H2,1-2H3. The van der Waals surface area contributed by atoms with E-state index in [0.717, 1.165) is 17.8 Å². The quantitative estimate of drug-likeness (QED) is 0.851. The molecule has 0 aliphatic heterocycles. The van der Waals surface area contributed by atoms with Crippen LogP contribution < -0.4 is 5.73 Å². The molecule has 16 heavy (non-hydrogen) atoms. The van der Waals surface area contributed by atoms with E-state index in [1.54, 1.807) is 0 Å². The zero-order valence-electron chi connectivity index (χ0n) is 9.77. The van der Waals surface area contributed by atoms with Crippen LogP contribution in [0.3, 0.4) is 0 Å². The van der Waals surface area contributed by atoms with Crippen molar-refractivity contribution < 1.29 is 0 Å². The van der Waals surface area contributed by atoms with Crippen LogP contribution in [0.15, 0.2) is 30.5 Å². The fraction of sp³-hybridized carbons (Fsp3) is 0.308. The Hall–Kier alpha value is -1.61. The first kappa shape index (κ1) is 10.9. The first-order chi connectivity index (χ1) is 7.72. The zero-order valence-corrected chi connectivity index (χ0v) is 9.77. The molecule has 2 aromatic rings. The highest BCUT2D eigenvalue weighted by molar-refractivity contribution is 5.26. The van der Waals surface area contributed by atoms with Crippen molar-refractivity contribution in [1.29, 1.82) is 0 Å². The molecule has 2 N–H and O–H groups in total. The fourth-order valence-corrected chi connectivity index (χ4v) is 1.79. The lowest BCUT2D eigenvalue weighted by atomic mass is 10.1.